The Bertz CT molecular complexity index is 310. The van der Waals surface area contributed by atoms with Crippen LogP contribution in [-0.2, 0) is 4.74 Å². The maximum Gasteiger partial charge on any atom is 0.179 e. The number of hydrogen-bond acceptors (Lipinski definition) is 4. The number of rotatable bonds is 3. The molecule has 1 aliphatic rings. The number of carbonyl (C=O) groups excluding carboxylic acids is 1. The first-order valence-electron chi connectivity index (χ1n) is 4.65. The molecule has 1 aromatic rings. The Morgan fingerprint density at radius 2 is 2.50 bits per heavy atom. The van der Waals surface area contributed by atoms with Crippen molar-refractivity contribution in [3.05, 3.63) is 22.4 Å². The third-order valence-electron chi connectivity index (χ3n) is 2.55. The highest BCUT2D eigenvalue weighted by molar-refractivity contribution is 7.12. The van der Waals surface area contributed by atoms with Crippen LogP contribution in [0, 0.1) is 5.92 Å². The highest BCUT2D eigenvalue weighted by Crippen LogP contribution is 2.21. The SMILES string of the molecule is CNC1COCC1C(=O)c1cccs1. The summed E-state index contributed by atoms with van der Waals surface area (Å²) in [7, 11) is 1.87. The molecule has 2 atom stereocenters. The second-order valence-corrected chi connectivity index (χ2v) is 4.33. The normalized spacial score (nSPS) is 26.6. The van der Waals surface area contributed by atoms with Crippen LogP contribution in [-0.4, -0.2) is 32.1 Å². The van der Waals surface area contributed by atoms with Gasteiger partial charge in [-0.1, -0.05) is 6.07 Å². The van der Waals surface area contributed by atoms with E-state index in [4.69, 9.17) is 4.74 Å². The van der Waals surface area contributed by atoms with Crippen molar-refractivity contribution in [2.45, 2.75) is 6.04 Å². The number of hydrogen-bond donors (Lipinski definition) is 1. The van der Waals surface area contributed by atoms with E-state index < -0.39 is 0 Å². The van der Waals surface area contributed by atoms with E-state index in [2.05, 4.69) is 5.32 Å². The third-order valence-corrected chi connectivity index (χ3v) is 3.44. The summed E-state index contributed by atoms with van der Waals surface area (Å²) in [5, 5.41) is 5.04. The van der Waals surface area contributed by atoms with Gasteiger partial charge in [-0.15, -0.1) is 11.3 Å². The monoisotopic (exact) mass is 211 g/mol. The fourth-order valence-corrected chi connectivity index (χ4v) is 2.43. The van der Waals surface area contributed by atoms with Crippen LogP contribution in [0.15, 0.2) is 17.5 Å². The van der Waals surface area contributed by atoms with E-state index in [0.29, 0.717) is 13.2 Å². The summed E-state index contributed by atoms with van der Waals surface area (Å²) in [4.78, 5) is 12.8. The number of Topliss-reactive ketones (excluding diaryl/α,β-unsaturated/α-hetero) is 1. The van der Waals surface area contributed by atoms with E-state index >= 15 is 0 Å². The van der Waals surface area contributed by atoms with Crippen molar-refractivity contribution in [3.8, 4) is 0 Å². The van der Waals surface area contributed by atoms with Crippen molar-refractivity contribution in [3.63, 3.8) is 0 Å². The third kappa shape index (κ3) is 1.73. The summed E-state index contributed by atoms with van der Waals surface area (Å²) < 4.78 is 5.30. The van der Waals surface area contributed by atoms with Gasteiger partial charge < -0.3 is 10.1 Å². The lowest BCUT2D eigenvalue weighted by Crippen LogP contribution is -2.36. The summed E-state index contributed by atoms with van der Waals surface area (Å²) in [5.41, 5.74) is 0. The predicted molar refractivity (Wildman–Crippen MR) is 55.8 cm³/mol. The predicted octanol–water partition coefficient (Wildman–Crippen LogP) is 1.17. The lowest BCUT2D eigenvalue weighted by Gasteiger charge is -2.14. The fraction of sp³-hybridized carbons (Fsp3) is 0.500. The Morgan fingerprint density at radius 3 is 3.14 bits per heavy atom. The molecule has 1 saturated heterocycles. The molecular weight excluding hydrogens is 198 g/mol. The first-order chi connectivity index (χ1) is 6.83. The van der Waals surface area contributed by atoms with Gasteiger partial charge >= 0.3 is 0 Å². The van der Waals surface area contributed by atoms with Crippen LogP contribution in [0.3, 0.4) is 0 Å². The molecule has 14 heavy (non-hydrogen) atoms. The van der Waals surface area contributed by atoms with Gasteiger partial charge in [0.25, 0.3) is 0 Å². The van der Waals surface area contributed by atoms with E-state index in [1.165, 1.54) is 11.3 Å². The molecule has 1 fully saturated rings. The van der Waals surface area contributed by atoms with Crippen molar-refractivity contribution in [1.29, 1.82) is 0 Å². The molecule has 2 unspecified atom stereocenters. The Balaban J connectivity index is 2.11. The van der Waals surface area contributed by atoms with Gasteiger partial charge in [0.15, 0.2) is 5.78 Å². The van der Waals surface area contributed by atoms with E-state index in [0.717, 1.165) is 4.88 Å². The Kier molecular flexibility index (Phi) is 2.96. The standard InChI is InChI=1S/C10H13NO2S/c1-11-8-6-13-5-7(8)10(12)9-3-2-4-14-9/h2-4,7-8,11H,5-6H2,1H3. The second kappa shape index (κ2) is 4.21. The van der Waals surface area contributed by atoms with Gasteiger partial charge in [0.05, 0.1) is 24.0 Å². The van der Waals surface area contributed by atoms with E-state index in [-0.39, 0.29) is 17.7 Å². The Labute approximate surface area is 87.1 Å². The second-order valence-electron chi connectivity index (χ2n) is 3.38. The maximum absolute atomic E-state index is 12.0. The maximum atomic E-state index is 12.0. The molecular formula is C10H13NO2S. The molecule has 2 heterocycles. The first-order valence-corrected chi connectivity index (χ1v) is 5.53. The van der Waals surface area contributed by atoms with Crippen molar-refractivity contribution >= 4 is 17.1 Å². The van der Waals surface area contributed by atoms with Crippen LogP contribution in [0.4, 0.5) is 0 Å². The number of carbonyl (C=O) groups is 1. The van der Waals surface area contributed by atoms with Gasteiger partial charge in [0.2, 0.25) is 0 Å². The van der Waals surface area contributed by atoms with Gasteiger partial charge in [0.1, 0.15) is 0 Å². The molecule has 0 aliphatic carbocycles. The molecule has 0 saturated carbocycles. The minimum Gasteiger partial charge on any atom is -0.379 e. The highest BCUT2D eigenvalue weighted by Gasteiger charge is 2.33. The zero-order valence-corrected chi connectivity index (χ0v) is 8.84. The summed E-state index contributed by atoms with van der Waals surface area (Å²) >= 11 is 1.50. The van der Waals surface area contributed by atoms with Crippen molar-refractivity contribution < 1.29 is 9.53 Å². The van der Waals surface area contributed by atoms with Crippen molar-refractivity contribution in [2.24, 2.45) is 5.92 Å². The molecule has 0 spiro atoms. The lowest BCUT2D eigenvalue weighted by atomic mass is 9.98. The molecule has 0 bridgehead atoms. The van der Waals surface area contributed by atoms with Crippen LogP contribution in [0.2, 0.25) is 0 Å². The molecule has 4 heteroatoms. The highest BCUT2D eigenvalue weighted by atomic mass is 32.1. The summed E-state index contributed by atoms with van der Waals surface area (Å²) in [6.07, 6.45) is 0. The Hall–Kier alpha value is -0.710. The van der Waals surface area contributed by atoms with E-state index in [9.17, 15) is 4.79 Å². The molecule has 1 aromatic heterocycles. The van der Waals surface area contributed by atoms with Gasteiger partial charge in [-0.05, 0) is 18.5 Å². The van der Waals surface area contributed by atoms with Crippen LogP contribution >= 0.6 is 11.3 Å². The molecule has 76 valence electrons. The topological polar surface area (TPSA) is 38.3 Å². The quantitative estimate of drug-likeness (QED) is 0.763. The zero-order chi connectivity index (χ0) is 9.97. The van der Waals surface area contributed by atoms with Gasteiger partial charge in [-0.2, -0.15) is 0 Å². The summed E-state index contributed by atoms with van der Waals surface area (Å²) in [5.74, 6) is 0.190. The minimum absolute atomic E-state index is 0.0151. The van der Waals surface area contributed by atoms with Gasteiger partial charge in [-0.25, -0.2) is 0 Å². The zero-order valence-electron chi connectivity index (χ0n) is 8.03. The summed E-state index contributed by atoms with van der Waals surface area (Å²) in [6, 6.07) is 3.95. The fourth-order valence-electron chi connectivity index (χ4n) is 1.70. The smallest absolute Gasteiger partial charge is 0.179 e. The lowest BCUT2D eigenvalue weighted by molar-refractivity contribution is 0.0896. The molecule has 1 N–H and O–H groups in total. The largest absolute Gasteiger partial charge is 0.379 e. The molecule has 2 rings (SSSR count). The number of likely N-dealkylation sites (N-methyl/N-ethyl adjacent to an activating group) is 1. The van der Waals surface area contributed by atoms with Crippen molar-refractivity contribution in [1.82, 2.24) is 5.32 Å². The average Bonchev–Trinajstić information content (AvgIpc) is 2.87. The molecule has 0 radical (unpaired) electrons. The first kappa shape index (κ1) is 9.83. The van der Waals surface area contributed by atoms with Gasteiger partial charge in [-0.3, -0.25) is 4.79 Å². The summed E-state index contributed by atoms with van der Waals surface area (Å²) in [6.45, 7) is 1.18. The molecule has 1 aliphatic heterocycles. The van der Waals surface area contributed by atoms with E-state index in [1.54, 1.807) is 0 Å². The molecule has 0 amide bonds. The minimum atomic E-state index is -0.0151. The molecule has 0 aromatic carbocycles. The number of ether oxygens (including phenoxy) is 1. The van der Waals surface area contributed by atoms with Crippen LogP contribution in [0.1, 0.15) is 9.67 Å². The van der Waals surface area contributed by atoms with Crippen LogP contribution in [0.25, 0.3) is 0 Å². The molecule has 3 nitrogen and oxygen atoms in total. The van der Waals surface area contributed by atoms with Crippen molar-refractivity contribution in [2.75, 3.05) is 20.3 Å². The number of nitrogens with one attached hydrogen (secondary N) is 1. The van der Waals surface area contributed by atoms with E-state index in [1.807, 2.05) is 24.6 Å². The average molecular weight is 211 g/mol. The van der Waals surface area contributed by atoms with Crippen LogP contribution < -0.4 is 5.32 Å². The van der Waals surface area contributed by atoms with Gasteiger partial charge in [0, 0.05) is 6.04 Å². The number of ketones is 1. The number of thiophene rings is 1. The Morgan fingerprint density at radius 1 is 1.64 bits per heavy atom. The van der Waals surface area contributed by atoms with Crippen LogP contribution in [0.5, 0.6) is 0 Å².